The predicted molar refractivity (Wildman–Crippen MR) is 129 cm³/mol. The summed E-state index contributed by atoms with van der Waals surface area (Å²) in [6.45, 7) is 1.88. The molecule has 0 unspecified atom stereocenters. The summed E-state index contributed by atoms with van der Waals surface area (Å²) in [5.41, 5.74) is 3.56. The lowest BCUT2D eigenvalue weighted by atomic mass is 9.79. The highest BCUT2D eigenvalue weighted by molar-refractivity contribution is 6.51. The number of anilines is 3. The third kappa shape index (κ3) is 2.17. The van der Waals surface area contributed by atoms with Crippen molar-refractivity contribution in [1.29, 1.82) is 0 Å². The first kappa shape index (κ1) is 18.8. The monoisotopic (exact) mass is 446 g/mol. The highest BCUT2D eigenvalue weighted by atomic mass is 16.2. The minimum Gasteiger partial charge on any atom is -0.323 e. The van der Waals surface area contributed by atoms with Gasteiger partial charge in [0.2, 0.25) is 5.84 Å². The van der Waals surface area contributed by atoms with E-state index in [0.29, 0.717) is 34.1 Å². The molecule has 8 nitrogen and oxygen atoms in total. The zero-order valence-electron chi connectivity index (χ0n) is 18.1. The largest absolute Gasteiger partial charge is 0.323 e. The molecular weight excluding hydrogens is 428 g/mol. The van der Waals surface area contributed by atoms with E-state index < -0.39 is 5.54 Å². The molecule has 3 aliphatic heterocycles. The molecule has 0 saturated carbocycles. The minimum atomic E-state index is -1.34. The zero-order valence-corrected chi connectivity index (χ0v) is 18.1. The Labute approximate surface area is 194 Å². The van der Waals surface area contributed by atoms with Gasteiger partial charge in [-0.2, -0.15) is 5.10 Å². The highest BCUT2D eigenvalue weighted by Gasteiger charge is 2.61. The van der Waals surface area contributed by atoms with Crippen molar-refractivity contribution in [1.82, 2.24) is 9.78 Å². The molecular formula is C26H18N6O2. The number of nitrogens with one attached hydrogen (secondary N) is 2. The Bertz CT molecular complexity index is 1570. The van der Waals surface area contributed by atoms with E-state index in [1.54, 1.807) is 9.58 Å². The fourth-order valence-corrected chi connectivity index (χ4v) is 5.32. The Morgan fingerprint density at radius 2 is 1.53 bits per heavy atom. The molecule has 3 aromatic carbocycles. The van der Waals surface area contributed by atoms with Gasteiger partial charge in [0, 0.05) is 11.3 Å². The van der Waals surface area contributed by atoms with E-state index in [1.165, 1.54) is 0 Å². The SMILES string of the molecule is Cc1nn(-c2ccccc2)c2c1[C@]1(C(=O)Nc3ccccc31)N1C(=N2)C(=O)Nc2ccccc21. The van der Waals surface area contributed by atoms with Gasteiger partial charge in [0.25, 0.3) is 11.8 Å². The maximum atomic E-state index is 14.1. The van der Waals surface area contributed by atoms with E-state index >= 15 is 0 Å². The summed E-state index contributed by atoms with van der Waals surface area (Å²) in [6, 6.07) is 24.6. The van der Waals surface area contributed by atoms with Gasteiger partial charge in [-0.3, -0.25) is 14.5 Å². The molecule has 4 heterocycles. The molecule has 4 aromatic rings. The molecule has 7 rings (SSSR count). The van der Waals surface area contributed by atoms with Crippen molar-refractivity contribution < 1.29 is 9.59 Å². The number of para-hydroxylation sites is 4. The number of aromatic nitrogens is 2. The van der Waals surface area contributed by atoms with Gasteiger partial charge < -0.3 is 10.6 Å². The van der Waals surface area contributed by atoms with Crippen LogP contribution in [0.3, 0.4) is 0 Å². The van der Waals surface area contributed by atoms with Gasteiger partial charge in [0.1, 0.15) is 0 Å². The number of nitrogens with zero attached hydrogens (tertiary/aromatic N) is 4. The minimum absolute atomic E-state index is 0.148. The fraction of sp³-hybridized carbons (Fsp3) is 0.0769. The van der Waals surface area contributed by atoms with Crippen molar-refractivity contribution in [2.45, 2.75) is 12.5 Å². The number of aryl methyl sites for hydroxylation is 1. The average molecular weight is 446 g/mol. The van der Waals surface area contributed by atoms with Gasteiger partial charge >= 0.3 is 0 Å². The second-order valence-corrected chi connectivity index (χ2v) is 8.48. The van der Waals surface area contributed by atoms with Crippen LogP contribution < -0.4 is 15.5 Å². The smallest absolute Gasteiger partial charge is 0.291 e. The number of benzene rings is 3. The first-order chi connectivity index (χ1) is 16.6. The molecule has 3 aliphatic rings. The molecule has 2 N–H and O–H groups in total. The van der Waals surface area contributed by atoms with Gasteiger partial charge in [0.15, 0.2) is 11.4 Å². The topological polar surface area (TPSA) is 91.6 Å². The molecule has 0 saturated heterocycles. The van der Waals surface area contributed by atoms with Crippen LogP contribution in [0.2, 0.25) is 0 Å². The summed E-state index contributed by atoms with van der Waals surface area (Å²) < 4.78 is 1.71. The van der Waals surface area contributed by atoms with Crippen LogP contribution >= 0.6 is 0 Å². The second kappa shape index (κ2) is 6.41. The maximum absolute atomic E-state index is 14.1. The van der Waals surface area contributed by atoms with Crippen LogP contribution in [-0.4, -0.2) is 27.4 Å². The molecule has 1 spiro atoms. The lowest BCUT2D eigenvalue weighted by molar-refractivity contribution is -0.119. The average Bonchev–Trinajstić information content (AvgIpc) is 3.34. The molecule has 34 heavy (non-hydrogen) atoms. The number of carbonyl (C=O) groups excluding carboxylic acids is 2. The summed E-state index contributed by atoms with van der Waals surface area (Å²) in [4.78, 5) is 34.0. The van der Waals surface area contributed by atoms with Crippen molar-refractivity contribution >= 4 is 40.5 Å². The number of carbonyl (C=O) groups is 2. The summed E-state index contributed by atoms with van der Waals surface area (Å²) in [5, 5.41) is 10.8. The number of amidine groups is 1. The molecule has 8 heteroatoms. The maximum Gasteiger partial charge on any atom is 0.291 e. The number of hydrogen-bond donors (Lipinski definition) is 2. The first-order valence-corrected chi connectivity index (χ1v) is 11.0. The van der Waals surface area contributed by atoms with Crippen LogP contribution in [0.25, 0.3) is 5.69 Å². The Hall–Kier alpha value is -4.72. The third-order valence-electron chi connectivity index (χ3n) is 6.65. The first-order valence-electron chi connectivity index (χ1n) is 11.0. The lowest BCUT2D eigenvalue weighted by Crippen LogP contribution is -2.61. The predicted octanol–water partition coefficient (Wildman–Crippen LogP) is 3.88. The molecule has 1 aromatic heterocycles. The van der Waals surface area contributed by atoms with E-state index in [4.69, 9.17) is 10.1 Å². The number of fused-ring (bicyclic) bond motifs is 8. The standard InChI is InChI=1S/C26H18N6O2/c1-15-21-22(32(30-15)16-9-3-2-4-10-16)29-23-24(33)27-19-13-7-8-14-20(19)31(23)26(21)17-11-5-6-12-18(17)28-25(26)34/h2-14H,1H3,(H,27,33)(H,28,34)/t26-/m1/s1. The van der Waals surface area contributed by atoms with E-state index in [1.807, 2.05) is 85.8 Å². The van der Waals surface area contributed by atoms with Gasteiger partial charge in [-0.05, 0) is 37.3 Å². The Morgan fingerprint density at radius 3 is 2.35 bits per heavy atom. The lowest BCUT2D eigenvalue weighted by Gasteiger charge is -2.45. The molecule has 0 fully saturated rings. The molecule has 0 radical (unpaired) electrons. The van der Waals surface area contributed by atoms with Gasteiger partial charge in [-0.25, -0.2) is 9.67 Å². The van der Waals surface area contributed by atoms with Gasteiger partial charge in [0.05, 0.1) is 28.3 Å². The van der Waals surface area contributed by atoms with Crippen LogP contribution in [0.5, 0.6) is 0 Å². The van der Waals surface area contributed by atoms with Crippen LogP contribution in [0.4, 0.5) is 22.9 Å². The van der Waals surface area contributed by atoms with Crippen LogP contribution in [0.1, 0.15) is 16.8 Å². The molecule has 0 aliphatic carbocycles. The van der Waals surface area contributed by atoms with E-state index in [2.05, 4.69) is 10.6 Å². The van der Waals surface area contributed by atoms with Crippen LogP contribution in [0, 0.1) is 6.92 Å². The van der Waals surface area contributed by atoms with Crippen molar-refractivity contribution in [2.75, 3.05) is 15.5 Å². The fourth-order valence-electron chi connectivity index (χ4n) is 5.32. The number of amides is 2. The second-order valence-electron chi connectivity index (χ2n) is 8.48. The Balaban J connectivity index is 1.64. The summed E-state index contributed by atoms with van der Waals surface area (Å²) in [7, 11) is 0. The Morgan fingerprint density at radius 1 is 0.824 bits per heavy atom. The van der Waals surface area contributed by atoms with Gasteiger partial charge in [-0.15, -0.1) is 0 Å². The van der Waals surface area contributed by atoms with Crippen molar-refractivity contribution in [3.8, 4) is 5.69 Å². The van der Waals surface area contributed by atoms with Gasteiger partial charge in [-0.1, -0.05) is 48.5 Å². The van der Waals surface area contributed by atoms with E-state index in [-0.39, 0.29) is 17.6 Å². The van der Waals surface area contributed by atoms with Crippen LogP contribution in [-0.2, 0) is 15.1 Å². The molecule has 2 amide bonds. The molecule has 164 valence electrons. The zero-order chi connectivity index (χ0) is 23.0. The summed E-state index contributed by atoms with van der Waals surface area (Å²) >= 11 is 0. The molecule has 1 atom stereocenters. The van der Waals surface area contributed by atoms with Crippen molar-refractivity contribution in [2.24, 2.45) is 4.99 Å². The highest BCUT2D eigenvalue weighted by Crippen LogP contribution is 2.55. The Kier molecular flexibility index (Phi) is 3.55. The number of hydrogen-bond acceptors (Lipinski definition) is 5. The normalized spacial score (nSPS) is 19.6. The number of aliphatic imine (C=N–C) groups is 1. The summed E-state index contributed by atoms with van der Waals surface area (Å²) in [6.07, 6.45) is 0. The number of rotatable bonds is 1. The summed E-state index contributed by atoms with van der Waals surface area (Å²) in [5.74, 6) is -0.00611. The van der Waals surface area contributed by atoms with E-state index in [9.17, 15) is 9.59 Å². The van der Waals surface area contributed by atoms with Crippen molar-refractivity contribution in [3.05, 3.63) is 95.7 Å². The molecule has 0 bridgehead atoms. The van der Waals surface area contributed by atoms with Crippen molar-refractivity contribution in [3.63, 3.8) is 0 Å². The van der Waals surface area contributed by atoms with E-state index in [0.717, 1.165) is 11.3 Å². The quantitative estimate of drug-likeness (QED) is 0.464. The van der Waals surface area contributed by atoms with Crippen LogP contribution in [0.15, 0.2) is 83.9 Å². The third-order valence-corrected chi connectivity index (χ3v) is 6.65.